The van der Waals surface area contributed by atoms with Crippen molar-refractivity contribution in [3.05, 3.63) is 0 Å². The Morgan fingerprint density at radius 1 is 1.24 bits per heavy atom. The number of nitrogens with one attached hydrogen (secondary N) is 1. The van der Waals surface area contributed by atoms with E-state index < -0.39 is 0 Å². The van der Waals surface area contributed by atoms with Crippen LogP contribution in [0.2, 0.25) is 0 Å². The Balaban J connectivity index is 2.03. The molecular formula is C12H25N3O2. The number of guanidine groups is 1. The molecule has 0 amide bonds. The fourth-order valence-electron chi connectivity index (χ4n) is 1.98. The van der Waals surface area contributed by atoms with Crippen LogP contribution < -0.4 is 11.1 Å². The summed E-state index contributed by atoms with van der Waals surface area (Å²) < 4.78 is 10.2. The van der Waals surface area contributed by atoms with Crippen LogP contribution in [0.25, 0.3) is 0 Å². The molecule has 1 aliphatic carbocycles. The molecule has 1 fully saturated rings. The molecule has 0 radical (unpaired) electrons. The van der Waals surface area contributed by atoms with Gasteiger partial charge in [-0.3, -0.25) is 4.99 Å². The van der Waals surface area contributed by atoms with Gasteiger partial charge in [0.1, 0.15) is 0 Å². The molecule has 5 nitrogen and oxygen atoms in total. The SMILES string of the molecule is COCCOCCN=C(N)NC1CCCCC1. The normalized spacial score (nSPS) is 18.3. The Morgan fingerprint density at radius 3 is 2.71 bits per heavy atom. The van der Waals surface area contributed by atoms with Crippen molar-refractivity contribution >= 4 is 5.96 Å². The van der Waals surface area contributed by atoms with Crippen molar-refractivity contribution in [1.82, 2.24) is 5.32 Å². The predicted molar refractivity (Wildman–Crippen MR) is 69.2 cm³/mol. The van der Waals surface area contributed by atoms with Gasteiger partial charge >= 0.3 is 0 Å². The Morgan fingerprint density at radius 2 is 2.00 bits per heavy atom. The smallest absolute Gasteiger partial charge is 0.188 e. The maximum absolute atomic E-state index is 5.80. The minimum atomic E-state index is 0.516. The van der Waals surface area contributed by atoms with Crippen LogP contribution in [0.1, 0.15) is 32.1 Å². The van der Waals surface area contributed by atoms with Crippen LogP contribution in [0, 0.1) is 0 Å². The highest BCUT2D eigenvalue weighted by Crippen LogP contribution is 2.16. The molecule has 5 heteroatoms. The summed E-state index contributed by atoms with van der Waals surface area (Å²) in [6.45, 7) is 2.44. The Bertz CT molecular complexity index is 216. The second kappa shape index (κ2) is 9.24. The molecule has 0 aromatic heterocycles. The van der Waals surface area contributed by atoms with E-state index in [2.05, 4.69) is 10.3 Å². The molecule has 0 atom stereocenters. The Labute approximate surface area is 104 Å². The third kappa shape index (κ3) is 7.18. The fourth-order valence-corrected chi connectivity index (χ4v) is 1.98. The number of nitrogens with two attached hydrogens (primary N) is 1. The summed E-state index contributed by atoms with van der Waals surface area (Å²) in [4.78, 5) is 4.23. The van der Waals surface area contributed by atoms with Gasteiger partial charge in [-0.05, 0) is 12.8 Å². The maximum atomic E-state index is 5.80. The number of hydrogen-bond donors (Lipinski definition) is 2. The lowest BCUT2D eigenvalue weighted by atomic mass is 9.96. The summed E-state index contributed by atoms with van der Waals surface area (Å²) in [7, 11) is 1.66. The topological polar surface area (TPSA) is 68.9 Å². The molecule has 1 saturated carbocycles. The minimum absolute atomic E-state index is 0.516. The lowest BCUT2D eigenvalue weighted by Gasteiger charge is -2.23. The molecule has 0 aromatic rings. The standard InChI is InChI=1S/C12H25N3O2/c1-16-9-10-17-8-7-14-12(13)15-11-5-3-2-4-6-11/h11H,2-10H2,1H3,(H3,13,14,15). The number of hydrogen-bond acceptors (Lipinski definition) is 3. The van der Waals surface area contributed by atoms with Crippen molar-refractivity contribution in [1.29, 1.82) is 0 Å². The highest BCUT2D eigenvalue weighted by atomic mass is 16.5. The molecule has 17 heavy (non-hydrogen) atoms. The van der Waals surface area contributed by atoms with Crippen molar-refractivity contribution in [2.75, 3.05) is 33.5 Å². The molecule has 0 aliphatic heterocycles. The minimum Gasteiger partial charge on any atom is -0.382 e. The fraction of sp³-hybridized carbons (Fsp3) is 0.917. The van der Waals surface area contributed by atoms with Crippen LogP contribution in [0.5, 0.6) is 0 Å². The molecule has 0 aromatic carbocycles. The summed E-state index contributed by atoms with van der Waals surface area (Å²) in [6.07, 6.45) is 6.36. The second-order valence-corrected chi connectivity index (χ2v) is 4.35. The van der Waals surface area contributed by atoms with E-state index in [4.69, 9.17) is 15.2 Å². The van der Waals surface area contributed by atoms with Crippen molar-refractivity contribution < 1.29 is 9.47 Å². The summed E-state index contributed by atoms with van der Waals surface area (Å²) >= 11 is 0. The third-order valence-electron chi connectivity index (χ3n) is 2.91. The van der Waals surface area contributed by atoms with Gasteiger partial charge in [-0.25, -0.2) is 0 Å². The van der Waals surface area contributed by atoms with E-state index in [0.717, 1.165) is 0 Å². The maximum Gasteiger partial charge on any atom is 0.188 e. The van der Waals surface area contributed by atoms with Gasteiger partial charge in [0.2, 0.25) is 0 Å². The van der Waals surface area contributed by atoms with Crippen LogP contribution in [-0.2, 0) is 9.47 Å². The van der Waals surface area contributed by atoms with E-state index in [9.17, 15) is 0 Å². The molecule has 1 aliphatic rings. The molecule has 0 unspecified atom stereocenters. The molecule has 0 spiro atoms. The quantitative estimate of drug-likeness (QED) is 0.396. The lowest BCUT2D eigenvalue weighted by molar-refractivity contribution is 0.0748. The molecule has 3 N–H and O–H groups in total. The first-order chi connectivity index (χ1) is 8.33. The first-order valence-corrected chi connectivity index (χ1v) is 6.46. The zero-order chi connectivity index (χ0) is 12.3. The molecule has 1 rings (SSSR count). The van der Waals surface area contributed by atoms with Crippen molar-refractivity contribution in [3.8, 4) is 0 Å². The Hall–Kier alpha value is -0.810. The zero-order valence-corrected chi connectivity index (χ0v) is 10.8. The number of methoxy groups -OCH3 is 1. The van der Waals surface area contributed by atoms with E-state index in [-0.39, 0.29) is 0 Å². The van der Waals surface area contributed by atoms with Gasteiger partial charge in [0.25, 0.3) is 0 Å². The molecule has 0 saturated heterocycles. The highest BCUT2D eigenvalue weighted by Gasteiger charge is 2.12. The van der Waals surface area contributed by atoms with E-state index in [1.165, 1.54) is 32.1 Å². The van der Waals surface area contributed by atoms with Crippen LogP contribution in [0.4, 0.5) is 0 Å². The summed E-state index contributed by atoms with van der Waals surface area (Å²) in [5, 5.41) is 3.27. The molecule has 0 bridgehead atoms. The zero-order valence-electron chi connectivity index (χ0n) is 10.8. The van der Waals surface area contributed by atoms with Crippen molar-refractivity contribution in [3.63, 3.8) is 0 Å². The van der Waals surface area contributed by atoms with E-state index >= 15 is 0 Å². The number of rotatable bonds is 7. The van der Waals surface area contributed by atoms with Gasteiger partial charge < -0.3 is 20.5 Å². The summed E-state index contributed by atoms with van der Waals surface area (Å²) in [6, 6.07) is 0.516. The van der Waals surface area contributed by atoms with Gasteiger partial charge in [0, 0.05) is 13.2 Å². The number of ether oxygens (including phenoxy) is 2. The van der Waals surface area contributed by atoms with Gasteiger partial charge in [0.15, 0.2) is 5.96 Å². The molecule has 0 heterocycles. The van der Waals surface area contributed by atoms with Crippen LogP contribution in [0.3, 0.4) is 0 Å². The van der Waals surface area contributed by atoms with Gasteiger partial charge in [0.05, 0.1) is 26.4 Å². The number of nitrogens with zero attached hydrogens (tertiary/aromatic N) is 1. The van der Waals surface area contributed by atoms with E-state index in [0.29, 0.717) is 38.4 Å². The van der Waals surface area contributed by atoms with Gasteiger partial charge in [-0.15, -0.1) is 0 Å². The van der Waals surface area contributed by atoms with E-state index in [1.807, 2.05) is 0 Å². The molecule has 100 valence electrons. The van der Waals surface area contributed by atoms with Gasteiger partial charge in [-0.1, -0.05) is 19.3 Å². The van der Waals surface area contributed by atoms with Crippen molar-refractivity contribution in [2.24, 2.45) is 10.7 Å². The number of aliphatic imine (C=N–C) groups is 1. The van der Waals surface area contributed by atoms with Crippen LogP contribution >= 0.6 is 0 Å². The van der Waals surface area contributed by atoms with E-state index in [1.54, 1.807) is 7.11 Å². The predicted octanol–water partition coefficient (Wildman–Crippen LogP) is 0.886. The lowest BCUT2D eigenvalue weighted by Crippen LogP contribution is -2.41. The molecular weight excluding hydrogens is 218 g/mol. The first-order valence-electron chi connectivity index (χ1n) is 6.46. The first kappa shape index (κ1) is 14.3. The monoisotopic (exact) mass is 243 g/mol. The second-order valence-electron chi connectivity index (χ2n) is 4.35. The average molecular weight is 243 g/mol. The van der Waals surface area contributed by atoms with Crippen molar-refractivity contribution in [2.45, 2.75) is 38.1 Å². The largest absolute Gasteiger partial charge is 0.382 e. The summed E-state index contributed by atoms with van der Waals surface area (Å²) in [5.41, 5.74) is 5.80. The third-order valence-corrected chi connectivity index (χ3v) is 2.91. The average Bonchev–Trinajstić information content (AvgIpc) is 2.35. The Kier molecular flexibility index (Phi) is 7.75. The van der Waals surface area contributed by atoms with Gasteiger partial charge in [-0.2, -0.15) is 0 Å². The van der Waals surface area contributed by atoms with Crippen LogP contribution in [0.15, 0.2) is 4.99 Å². The van der Waals surface area contributed by atoms with Crippen LogP contribution in [-0.4, -0.2) is 45.5 Å². The highest BCUT2D eigenvalue weighted by molar-refractivity contribution is 5.78. The summed E-state index contributed by atoms with van der Waals surface area (Å²) in [5.74, 6) is 0.548.